The van der Waals surface area contributed by atoms with Crippen molar-refractivity contribution >= 4 is 17.3 Å². The molecule has 1 aromatic carbocycles. The van der Waals surface area contributed by atoms with E-state index in [9.17, 15) is 19.3 Å². The van der Waals surface area contributed by atoms with Crippen molar-refractivity contribution in [2.24, 2.45) is 0 Å². The molecule has 0 bridgehead atoms. The molecule has 0 spiro atoms. The van der Waals surface area contributed by atoms with Gasteiger partial charge in [0, 0.05) is 44.5 Å². The lowest BCUT2D eigenvalue weighted by molar-refractivity contribution is -0.385. The molecule has 7 nitrogen and oxygen atoms in total. The maximum atomic E-state index is 13.4. The van der Waals surface area contributed by atoms with Crippen molar-refractivity contribution < 1.29 is 19.2 Å². The van der Waals surface area contributed by atoms with Crippen LogP contribution in [0.25, 0.3) is 0 Å². The van der Waals surface area contributed by atoms with E-state index in [2.05, 4.69) is 0 Å². The van der Waals surface area contributed by atoms with Crippen molar-refractivity contribution in [2.75, 3.05) is 37.6 Å². The number of carboxylic acid groups (broad SMARTS) is 1. The van der Waals surface area contributed by atoms with Crippen molar-refractivity contribution in [3.8, 4) is 0 Å². The van der Waals surface area contributed by atoms with Crippen LogP contribution in [0.5, 0.6) is 0 Å². The molecule has 1 aliphatic heterocycles. The van der Waals surface area contributed by atoms with Crippen molar-refractivity contribution in [3.05, 3.63) is 34.1 Å². The number of aliphatic carboxylic acids is 1. The van der Waals surface area contributed by atoms with Gasteiger partial charge in [-0.2, -0.15) is 0 Å². The van der Waals surface area contributed by atoms with Gasteiger partial charge in [-0.3, -0.25) is 19.8 Å². The smallest absolute Gasteiger partial charge is 0.304 e. The summed E-state index contributed by atoms with van der Waals surface area (Å²) >= 11 is 0. The predicted octanol–water partition coefficient (Wildman–Crippen LogP) is 1.33. The van der Waals surface area contributed by atoms with E-state index in [1.165, 1.54) is 12.1 Å². The Hall–Kier alpha value is -2.22. The Morgan fingerprint density at radius 1 is 1.29 bits per heavy atom. The van der Waals surface area contributed by atoms with Crippen LogP contribution >= 0.6 is 0 Å². The van der Waals surface area contributed by atoms with Crippen LogP contribution in [0.2, 0.25) is 0 Å². The number of rotatable bonds is 5. The monoisotopic (exact) mass is 297 g/mol. The predicted molar refractivity (Wildman–Crippen MR) is 74.0 cm³/mol. The van der Waals surface area contributed by atoms with E-state index in [4.69, 9.17) is 5.11 Å². The number of nitro benzene ring substituents is 1. The number of halogens is 1. The third-order valence-electron chi connectivity index (χ3n) is 3.46. The SMILES string of the molecule is O=C(O)CCN1CCN(c2cc(F)cc([N+](=O)[O-])c2)CC1. The van der Waals surface area contributed by atoms with Crippen molar-refractivity contribution in [1.29, 1.82) is 0 Å². The number of benzene rings is 1. The van der Waals surface area contributed by atoms with Gasteiger partial charge in [-0.15, -0.1) is 0 Å². The number of hydrogen-bond acceptors (Lipinski definition) is 5. The first-order chi connectivity index (χ1) is 9.95. The van der Waals surface area contributed by atoms with Gasteiger partial charge < -0.3 is 10.0 Å². The highest BCUT2D eigenvalue weighted by atomic mass is 19.1. The Balaban J connectivity index is 1.99. The molecule has 0 unspecified atom stereocenters. The molecule has 1 fully saturated rings. The summed E-state index contributed by atoms with van der Waals surface area (Å²) in [5.41, 5.74) is 0.220. The summed E-state index contributed by atoms with van der Waals surface area (Å²) in [7, 11) is 0. The molecule has 0 aromatic heterocycles. The lowest BCUT2D eigenvalue weighted by Gasteiger charge is -2.35. The van der Waals surface area contributed by atoms with Crippen molar-refractivity contribution in [3.63, 3.8) is 0 Å². The molecule has 0 saturated carbocycles. The molecule has 1 N–H and O–H groups in total. The average Bonchev–Trinajstić information content (AvgIpc) is 2.45. The van der Waals surface area contributed by atoms with Crippen molar-refractivity contribution in [2.45, 2.75) is 6.42 Å². The van der Waals surface area contributed by atoms with Crippen LogP contribution in [-0.2, 0) is 4.79 Å². The van der Waals surface area contributed by atoms with E-state index in [-0.39, 0.29) is 12.1 Å². The highest BCUT2D eigenvalue weighted by molar-refractivity contribution is 5.66. The molecule has 8 heteroatoms. The number of carboxylic acids is 1. The summed E-state index contributed by atoms with van der Waals surface area (Å²) in [6.07, 6.45) is 0.0887. The molecular weight excluding hydrogens is 281 g/mol. The van der Waals surface area contributed by atoms with Crippen LogP contribution in [0.4, 0.5) is 15.8 Å². The number of piperazine rings is 1. The Labute approximate surface area is 120 Å². The van der Waals surface area contributed by atoms with Crippen LogP contribution in [0.15, 0.2) is 18.2 Å². The van der Waals surface area contributed by atoms with Gasteiger partial charge in [-0.05, 0) is 6.07 Å². The Bertz CT molecular complexity index is 544. The minimum absolute atomic E-state index is 0.0887. The lowest BCUT2D eigenvalue weighted by atomic mass is 10.2. The molecule has 1 aliphatic rings. The quantitative estimate of drug-likeness (QED) is 0.651. The summed E-state index contributed by atoms with van der Waals surface area (Å²) in [6, 6.07) is 3.53. The molecule has 0 radical (unpaired) electrons. The van der Waals surface area contributed by atoms with Crippen molar-refractivity contribution in [1.82, 2.24) is 4.90 Å². The van der Waals surface area contributed by atoms with E-state index in [1.54, 1.807) is 0 Å². The van der Waals surface area contributed by atoms with Gasteiger partial charge >= 0.3 is 5.97 Å². The standard InChI is InChI=1S/C13H16FN3O4/c14-10-7-11(9-12(8-10)17(20)21)16-5-3-15(4-6-16)2-1-13(18)19/h7-9H,1-6H2,(H,18,19). The first-order valence-electron chi connectivity index (χ1n) is 6.60. The second-order valence-electron chi connectivity index (χ2n) is 4.90. The van der Waals surface area contributed by atoms with Gasteiger partial charge in [-0.25, -0.2) is 4.39 Å². The molecule has 1 saturated heterocycles. The number of nitro groups is 1. The summed E-state index contributed by atoms with van der Waals surface area (Å²) in [5.74, 6) is -1.47. The molecule has 1 aromatic rings. The number of non-ortho nitro benzene ring substituents is 1. The Kier molecular flexibility index (Phi) is 4.69. The van der Waals surface area contributed by atoms with Gasteiger partial charge in [0.25, 0.3) is 5.69 Å². The molecule has 0 amide bonds. The largest absolute Gasteiger partial charge is 0.481 e. The van der Waals surface area contributed by atoms with Crippen LogP contribution in [-0.4, -0.2) is 53.6 Å². The molecular formula is C13H16FN3O4. The maximum Gasteiger partial charge on any atom is 0.304 e. The zero-order chi connectivity index (χ0) is 15.4. The molecule has 114 valence electrons. The normalized spacial score (nSPS) is 16.0. The van der Waals surface area contributed by atoms with Gasteiger partial charge in [0.15, 0.2) is 0 Å². The summed E-state index contributed by atoms with van der Waals surface area (Å²) < 4.78 is 13.4. The number of carbonyl (C=O) groups is 1. The molecule has 21 heavy (non-hydrogen) atoms. The fourth-order valence-electron chi connectivity index (χ4n) is 2.33. The molecule has 1 heterocycles. The summed E-state index contributed by atoms with van der Waals surface area (Å²) in [6.45, 7) is 2.95. The minimum atomic E-state index is -0.835. The fourth-order valence-corrected chi connectivity index (χ4v) is 2.33. The van der Waals surface area contributed by atoms with Crippen LogP contribution in [0.1, 0.15) is 6.42 Å². The summed E-state index contributed by atoms with van der Waals surface area (Å²) in [5, 5.41) is 19.4. The van der Waals surface area contributed by atoms with Crippen LogP contribution in [0.3, 0.4) is 0 Å². The third kappa shape index (κ3) is 4.12. The third-order valence-corrected chi connectivity index (χ3v) is 3.46. The van der Waals surface area contributed by atoms with Gasteiger partial charge in [-0.1, -0.05) is 0 Å². The highest BCUT2D eigenvalue weighted by Crippen LogP contribution is 2.24. The molecule has 0 atom stereocenters. The van der Waals surface area contributed by atoms with Gasteiger partial charge in [0.1, 0.15) is 5.82 Å². The maximum absolute atomic E-state index is 13.4. The Morgan fingerprint density at radius 3 is 2.52 bits per heavy atom. The number of anilines is 1. The first kappa shape index (κ1) is 15.2. The average molecular weight is 297 g/mol. The molecule has 0 aliphatic carbocycles. The van der Waals surface area contributed by atoms with Crippen LogP contribution in [0, 0.1) is 15.9 Å². The second-order valence-corrected chi connectivity index (χ2v) is 4.90. The fraction of sp³-hybridized carbons (Fsp3) is 0.462. The van der Waals surface area contributed by atoms with E-state index >= 15 is 0 Å². The van der Waals surface area contributed by atoms with E-state index in [0.29, 0.717) is 38.4 Å². The minimum Gasteiger partial charge on any atom is -0.481 e. The topological polar surface area (TPSA) is 86.9 Å². The summed E-state index contributed by atoms with van der Waals surface area (Å²) in [4.78, 5) is 24.5. The zero-order valence-electron chi connectivity index (χ0n) is 11.4. The van der Waals surface area contributed by atoms with E-state index in [0.717, 1.165) is 6.07 Å². The number of nitrogens with zero attached hydrogens (tertiary/aromatic N) is 3. The van der Waals surface area contributed by atoms with Crippen LogP contribution < -0.4 is 4.90 Å². The lowest BCUT2D eigenvalue weighted by Crippen LogP contribution is -2.47. The Morgan fingerprint density at radius 2 is 1.95 bits per heavy atom. The highest BCUT2D eigenvalue weighted by Gasteiger charge is 2.20. The second kappa shape index (κ2) is 6.49. The van der Waals surface area contributed by atoms with E-state index in [1.807, 2.05) is 9.80 Å². The van der Waals surface area contributed by atoms with E-state index < -0.39 is 16.7 Å². The zero-order valence-corrected chi connectivity index (χ0v) is 11.4. The van der Waals surface area contributed by atoms with Gasteiger partial charge in [0.2, 0.25) is 0 Å². The van der Waals surface area contributed by atoms with Gasteiger partial charge in [0.05, 0.1) is 17.4 Å². The molecule has 2 rings (SSSR count). The number of hydrogen-bond donors (Lipinski definition) is 1. The first-order valence-corrected chi connectivity index (χ1v) is 6.60.